The van der Waals surface area contributed by atoms with Crippen LogP contribution in [0.25, 0.3) is 0 Å². The van der Waals surface area contributed by atoms with Crippen LogP contribution in [0.3, 0.4) is 0 Å². The lowest BCUT2D eigenvalue weighted by Crippen LogP contribution is -2.48. The number of carbonyl (C=O) groups is 3. The summed E-state index contributed by atoms with van der Waals surface area (Å²) in [6, 6.07) is 8.58. The fourth-order valence-electron chi connectivity index (χ4n) is 2.81. The lowest BCUT2D eigenvalue weighted by Gasteiger charge is -2.33. The van der Waals surface area contributed by atoms with Gasteiger partial charge in [0.05, 0.1) is 0 Å². The quantitative estimate of drug-likeness (QED) is 0.851. The number of ether oxygens (including phenoxy) is 1. The predicted octanol–water partition coefficient (Wildman–Crippen LogP) is 2.11. The van der Waals surface area contributed by atoms with Crippen LogP contribution in [0, 0.1) is 0 Å². The largest absolute Gasteiger partial charge is 0.480 e. The molecule has 1 aromatic rings. The minimum absolute atomic E-state index is 0.0840. The number of hydrogen-bond acceptors (Lipinski definition) is 4. The SMILES string of the molecule is CN(CCC(=O)N1CCCCC1C(=O)O)C(=O)OCc1ccccc1. The van der Waals surface area contributed by atoms with Gasteiger partial charge in [0.25, 0.3) is 0 Å². The Bertz CT molecular complexity index is 605. The monoisotopic (exact) mass is 348 g/mol. The maximum absolute atomic E-state index is 12.3. The van der Waals surface area contributed by atoms with Gasteiger partial charge in [-0.05, 0) is 24.8 Å². The Balaban J connectivity index is 1.78. The number of nitrogens with zero attached hydrogens (tertiary/aromatic N) is 2. The van der Waals surface area contributed by atoms with Gasteiger partial charge in [0.2, 0.25) is 5.91 Å². The molecule has 2 rings (SSSR count). The van der Waals surface area contributed by atoms with E-state index in [1.54, 1.807) is 7.05 Å². The lowest BCUT2D eigenvalue weighted by atomic mass is 10.0. The Morgan fingerprint density at radius 2 is 1.96 bits per heavy atom. The van der Waals surface area contributed by atoms with Crippen LogP contribution in [-0.2, 0) is 20.9 Å². The molecule has 1 atom stereocenters. The van der Waals surface area contributed by atoms with Crippen molar-refractivity contribution in [2.24, 2.45) is 0 Å². The molecule has 2 amide bonds. The van der Waals surface area contributed by atoms with Crippen LogP contribution in [0.4, 0.5) is 4.79 Å². The van der Waals surface area contributed by atoms with Gasteiger partial charge >= 0.3 is 12.1 Å². The van der Waals surface area contributed by atoms with Crippen molar-refractivity contribution in [2.45, 2.75) is 38.3 Å². The highest BCUT2D eigenvalue weighted by atomic mass is 16.6. The standard InChI is InChI=1S/C18H24N2O5/c1-19(18(24)25-13-14-7-3-2-4-8-14)12-10-16(21)20-11-6-5-9-15(20)17(22)23/h2-4,7-8,15H,5-6,9-13H2,1H3,(H,22,23). The number of hydrogen-bond donors (Lipinski definition) is 1. The molecule has 1 heterocycles. The Labute approximate surface area is 147 Å². The van der Waals surface area contributed by atoms with Gasteiger partial charge in [-0.2, -0.15) is 0 Å². The molecule has 136 valence electrons. The van der Waals surface area contributed by atoms with Crippen LogP contribution in [0.2, 0.25) is 0 Å². The second kappa shape index (κ2) is 9.05. The zero-order valence-electron chi connectivity index (χ0n) is 14.4. The van der Waals surface area contributed by atoms with Gasteiger partial charge in [-0.25, -0.2) is 9.59 Å². The molecule has 0 radical (unpaired) electrons. The Morgan fingerprint density at radius 1 is 1.24 bits per heavy atom. The smallest absolute Gasteiger partial charge is 0.409 e. The average Bonchev–Trinajstić information content (AvgIpc) is 2.64. The van der Waals surface area contributed by atoms with Crippen molar-refractivity contribution in [1.29, 1.82) is 0 Å². The average molecular weight is 348 g/mol. The number of carboxylic acids is 1. The highest BCUT2D eigenvalue weighted by Gasteiger charge is 2.31. The maximum atomic E-state index is 12.3. The summed E-state index contributed by atoms with van der Waals surface area (Å²) in [4.78, 5) is 38.3. The summed E-state index contributed by atoms with van der Waals surface area (Å²) in [5.41, 5.74) is 0.887. The van der Waals surface area contributed by atoms with Gasteiger partial charge in [-0.3, -0.25) is 4.79 Å². The van der Waals surface area contributed by atoms with Crippen molar-refractivity contribution in [3.05, 3.63) is 35.9 Å². The maximum Gasteiger partial charge on any atom is 0.409 e. The van der Waals surface area contributed by atoms with Gasteiger partial charge in [-0.1, -0.05) is 30.3 Å². The first kappa shape index (κ1) is 18.8. The number of amides is 2. The summed E-state index contributed by atoms with van der Waals surface area (Å²) in [5.74, 6) is -1.21. The Hall–Kier alpha value is -2.57. The third-order valence-electron chi connectivity index (χ3n) is 4.29. The van der Waals surface area contributed by atoms with Crippen molar-refractivity contribution in [1.82, 2.24) is 9.80 Å². The van der Waals surface area contributed by atoms with E-state index in [0.717, 1.165) is 18.4 Å². The molecule has 1 aromatic carbocycles. The van der Waals surface area contributed by atoms with E-state index in [0.29, 0.717) is 13.0 Å². The van der Waals surface area contributed by atoms with E-state index >= 15 is 0 Å². The highest BCUT2D eigenvalue weighted by molar-refractivity contribution is 5.84. The first-order chi connectivity index (χ1) is 12.0. The normalized spacial score (nSPS) is 17.0. The molecule has 1 N–H and O–H groups in total. The van der Waals surface area contributed by atoms with E-state index in [1.807, 2.05) is 30.3 Å². The molecular weight excluding hydrogens is 324 g/mol. The van der Waals surface area contributed by atoms with Gasteiger partial charge < -0.3 is 19.6 Å². The van der Waals surface area contributed by atoms with Crippen molar-refractivity contribution in [3.8, 4) is 0 Å². The van der Waals surface area contributed by atoms with Gasteiger partial charge in [0.15, 0.2) is 0 Å². The fourth-order valence-corrected chi connectivity index (χ4v) is 2.81. The first-order valence-corrected chi connectivity index (χ1v) is 8.43. The summed E-state index contributed by atoms with van der Waals surface area (Å²) < 4.78 is 5.19. The van der Waals surface area contributed by atoms with Crippen molar-refractivity contribution in [3.63, 3.8) is 0 Å². The van der Waals surface area contributed by atoms with Crippen LogP contribution in [-0.4, -0.2) is 59.1 Å². The summed E-state index contributed by atoms with van der Waals surface area (Å²) in [6.45, 7) is 0.818. The van der Waals surface area contributed by atoms with Crippen molar-refractivity contribution in [2.75, 3.05) is 20.1 Å². The molecule has 0 saturated carbocycles. The Kier molecular flexibility index (Phi) is 6.80. The number of benzene rings is 1. The number of likely N-dealkylation sites (tertiary alicyclic amines) is 1. The number of aliphatic carboxylic acids is 1. The summed E-state index contributed by atoms with van der Waals surface area (Å²) in [7, 11) is 1.56. The predicted molar refractivity (Wildman–Crippen MR) is 90.9 cm³/mol. The molecule has 0 spiro atoms. The summed E-state index contributed by atoms with van der Waals surface area (Å²) >= 11 is 0. The fraction of sp³-hybridized carbons (Fsp3) is 0.500. The van der Waals surface area contributed by atoms with Gasteiger partial charge in [0, 0.05) is 26.6 Å². The first-order valence-electron chi connectivity index (χ1n) is 8.43. The number of piperidine rings is 1. The molecule has 1 aliphatic rings. The minimum Gasteiger partial charge on any atom is -0.480 e. The molecule has 0 bridgehead atoms. The molecular formula is C18H24N2O5. The lowest BCUT2D eigenvalue weighted by molar-refractivity contribution is -0.152. The van der Waals surface area contributed by atoms with Crippen LogP contribution < -0.4 is 0 Å². The molecule has 0 aliphatic carbocycles. The third kappa shape index (κ3) is 5.48. The summed E-state index contributed by atoms with van der Waals surface area (Å²) in [5, 5.41) is 9.22. The van der Waals surface area contributed by atoms with Gasteiger partial charge in [0.1, 0.15) is 12.6 Å². The highest BCUT2D eigenvalue weighted by Crippen LogP contribution is 2.18. The zero-order chi connectivity index (χ0) is 18.2. The van der Waals surface area contributed by atoms with Crippen LogP contribution in [0.1, 0.15) is 31.2 Å². The van der Waals surface area contributed by atoms with Crippen LogP contribution in [0.15, 0.2) is 30.3 Å². The number of carbonyl (C=O) groups excluding carboxylic acids is 2. The molecule has 1 unspecified atom stereocenters. The molecule has 1 fully saturated rings. The van der Waals surface area contributed by atoms with E-state index in [2.05, 4.69) is 0 Å². The zero-order valence-corrected chi connectivity index (χ0v) is 14.4. The second-order valence-corrected chi connectivity index (χ2v) is 6.15. The molecule has 0 aromatic heterocycles. The topological polar surface area (TPSA) is 87.2 Å². The Morgan fingerprint density at radius 3 is 2.64 bits per heavy atom. The van der Waals surface area contributed by atoms with Crippen molar-refractivity contribution >= 4 is 18.0 Å². The minimum atomic E-state index is -0.969. The van der Waals surface area contributed by atoms with E-state index in [9.17, 15) is 19.5 Å². The molecule has 7 nitrogen and oxygen atoms in total. The van der Waals surface area contributed by atoms with E-state index < -0.39 is 18.1 Å². The van der Waals surface area contributed by atoms with E-state index in [-0.39, 0.29) is 25.5 Å². The van der Waals surface area contributed by atoms with E-state index in [4.69, 9.17) is 4.74 Å². The van der Waals surface area contributed by atoms with Gasteiger partial charge in [-0.15, -0.1) is 0 Å². The number of rotatable bonds is 6. The molecule has 1 aliphatic heterocycles. The summed E-state index contributed by atoms with van der Waals surface area (Å²) in [6.07, 6.45) is 1.68. The third-order valence-corrected chi connectivity index (χ3v) is 4.29. The molecule has 25 heavy (non-hydrogen) atoms. The molecule has 7 heteroatoms. The van der Waals surface area contributed by atoms with Crippen LogP contribution >= 0.6 is 0 Å². The van der Waals surface area contributed by atoms with E-state index in [1.165, 1.54) is 9.80 Å². The number of carboxylic acid groups (broad SMARTS) is 1. The van der Waals surface area contributed by atoms with Crippen LogP contribution in [0.5, 0.6) is 0 Å². The molecule has 1 saturated heterocycles. The van der Waals surface area contributed by atoms with Crippen molar-refractivity contribution < 1.29 is 24.2 Å². The second-order valence-electron chi connectivity index (χ2n) is 6.15.